The van der Waals surface area contributed by atoms with Crippen molar-refractivity contribution in [1.82, 2.24) is 10.3 Å². The van der Waals surface area contributed by atoms with Gasteiger partial charge in [0.25, 0.3) is 0 Å². The lowest BCUT2D eigenvalue weighted by Gasteiger charge is -2.23. The lowest BCUT2D eigenvalue weighted by Crippen LogP contribution is -2.39. The van der Waals surface area contributed by atoms with E-state index in [2.05, 4.69) is 10.3 Å². The Bertz CT molecular complexity index is 326. The molecule has 5 heteroatoms. The number of ether oxygens (including phenoxy) is 1. The van der Waals surface area contributed by atoms with Gasteiger partial charge in [-0.05, 0) is 20.3 Å². The summed E-state index contributed by atoms with van der Waals surface area (Å²) < 4.78 is 4.96. The summed E-state index contributed by atoms with van der Waals surface area (Å²) in [5.41, 5.74) is 2.29. The molecule has 17 heavy (non-hydrogen) atoms. The molecule has 4 nitrogen and oxygen atoms in total. The first-order chi connectivity index (χ1) is 8.05. The Labute approximate surface area is 107 Å². The Balaban J connectivity index is 2.17. The van der Waals surface area contributed by atoms with E-state index < -0.39 is 5.60 Å². The zero-order valence-corrected chi connectivity index (χ0v) is 11.6. The molecule has 1 aromatic rings. The van der Waals surface area contributed by atoms with E-state index in [-0.39, 0.29) is 0 Å². The number of thiazole rings is 1. The fraction of sp³-hybridized carbons (Fsp3) is 0.750. The molecule has 0 bridgehead atoms. The molecule has 0 saturated carbocycles. The summed E-state index contributed by atoms with van der Waals surface area (Å²) in [5.74, 6) is 0. The Morgan fingerprint density at radius 2 is 2.35 bits per heavy atom. The molecular formula is C12H22N2O2S. The Morgan fingerprint density at radius 3 is 2.94 bits per heavy atom. The Hall–Kier alpha value is -0.490. The maximum absolute atomic E-state index is 10.0. The van der Waals surface area contributed by atoms with Gasteiger partial charge in [0.2, 0.25) is 0 Å². The molecule has 1 rings (SSSR count). The zero-order valence-electron chi connectivity index (χ0n) is 10.8. The fourth-order valence-electron chi connectivity index (χ4n) is 1.54. The number of hydrogen-bond donors (Lipinski definition) is 2. The minimum absolute atomic E-state index is 0.586. The normalized spacial score (nSPS) is 14.8. The largest absolute Gasteiger partial charge is 0.389 e. The first kappa shape index (κ1) is 14.6. The van der Waals surface area contributed by atoms with Gasteiger partial charge in [0, 0.05) is 38.1 Å². The lowest BCUT2D eigenvalue weighted by atomic mass is 10.0. The smallest absolute Gasteiger partial charge is 0.0797 e. The van der Waals surface area contributed by atoms with Crippen LogP contribution in [0.25, 0.3) is 0 Å². The highest BCUT2D eigenvalue weighted by atomic mass is 32.1. The van der Waals surface area contributed by atoms with Crippen LogP contribution in [0.15, 0.2) is 5.51 Å². The van der Waals surface area contributed by atoms with Gasteiger partial charge in [0.1, 0.15) is 0 Å². The van der Waals surface area contributed by atoms with Gasteiger partial charge in [0.05, 0.1) is 16.8 Å². The van der Waals surface area contributed by atoms with Crippen molar-refractivity contribution >= 4 is 11.3 Å². The molecule has 2 N–H and O–H groups in total. The SMILES string of the molecule is COCCC(C)(O)CNCCc1scnc1C. The monoisotopic (exact) mass is 258 g/mol. The Kier molecular flexibility index (Phi) is 6.05. The highest BCUT2D eigenvalue weighted by Gasteiger charge is 2.18. The average molecular weight is 258 g/mol. The molecule has 0 saturated heterocycles. The second-order valence-electron chi connectivity index (χ2n) is 4.53. The van der Waals surface area contributed by atoms with Gasteiger partial charge in [-0.25, -0.2) is 4.98 Å². The third kappa shape index (κ3) is 5.59. The molecule has 1 unspecified atom stereocenters. The molecule has 1 heterocycles. The third-order valence-electron chi connectivity index (χ3n) is 2.72. The number of nitrogens with zero attached hydrogens (tertiary/aromatic N) is 1. The van der Waals surface area contributed by atoms with Crippen LogP contribution < -0.4 is 5.32 Å². The number of aryl methyl sites for hydroxylation is 1. The highest BCUT2D eigenvalue weighted by Crippen LogP contribution is 2.12. The Morgan fingerprint density at radius 1 is 1.59 bits per heavy atom. The van der Waals surface area contributed by atoms with Crippen molar-refractivity contribution in [2.45, 2.75) is 32.3 Å². The van der Waals surface area contributed by atoms with Gasteiger partial charge in [0.15, 0.2) is 0 Å². The van der Waals surface area contributed by atoms with Gasteiger partial charge in [-0.15, -0.1) is 11.3 Å². The summed E-state index contributed by atoms with van der Waals surface area (Å²) in [6.07, 6.45) is 1.62. The molecule has 0 amide bonds. The van der Waals surface area contributed by atoms with E-state index in [1.807, 2.05) is 19.4 Å². The fourth-order valence-corrected chi connectivity index (χ4v) is 2.32. The summed E-state index contributed by atoms with van der Waals surface area (Å²) in [5, 5.41) is 13.3. The van der Waals surface area contributed by atoms with Crippen LogP contribution in [0.4, 0.5) is 0 Å². The second-order valence-corrected chi connectivity index (χ2v) is 5.47. The van der Waals surface area contributed by atoms with Crippen molar-refractivity contribution in [3.05, 3.63) is 16.1 Å². The predicted molar refractivity (Wildman–Crippen MR) is 70.5 cm³/mol. The van der Waals surface area contributed by atoms with Crippen molar-refractivity contribution in [2.75, 3.05) is 26.8 Å². The van der Waals surface area contributed by atoms with E-state index in [0.717, 1.165) is 18.7 Å². The molecular weight excluding hydrogens is 236 g/mol. The van der Waals surface area contributed by atoms with Gasteiger partial charge in [-0.3, -0.25) is 0 Å². The van der Waals surface area contributed by atoms with Gasteiger partial charge >= 0.3 is 0 Å². The maximum Gasteiger partial charge on any atom is 0.0797 e. The quantitative estimate of drug-likeness (QED) is 0.692. The molecule has 0 aliphatic rings. The van der Waals surface area contributed by atoms with Crippen LogP contribution in [-0.2, 0) is 11.2 Å². The van der Waals surface area contributed by atoms with Gasteiger partial charge in [-0.2, -0.15) is 0 Å². The van der Waals surface area contributed by atoms with E-state index in [1.54, 1.807) is 18.4 Å². The summed E-state index contributed by atoms with van der Waals surface area (Å²) >= 11 is 1.69. The molecule has 1 atom stereocenters. The van der Waals surface area contributed by atoms with Crippen molar-refractivity contribution in [1.29, 1.82) is 0 Å². The van der Waals surface area contributed by atoms with Crippen LogP contribution in [0.2, 0.25) is 0 Å². The maximum atomic E-state index is 10.0. The van der Waals surface area contributed by atoms with Gasteiger partial charge in [-0.1, -0.05) is 0 Å². The summed E-state index contributed by atoms with van der Waals surface area (Å²) in [7, 11) is 1.65. The van der Waals surface area contributed by atoms with E-state index in [1.165, 1.54) is 4.88 Å². The number of nitrogens with one attached hydrogen (secondary N) is 1. The number of aromatic nitrogens is 1. The minimum Gasteiger partial charge on any atom is -0.389 e. The summed E-state index contributed by atoms with van der Waals surface area (Å²) in [6, 6.07) is 0. The van der Waals surface area contributed by atoms with Crippen LogP contribution >= 0.6 is 11.3 Å². The van der Waals surface area contributed by atoms with Crippen molar-refractivity contribution in [2.24, 2.45) is 0 Å². The lowest BCUT2D eigenvalue weighted by molar-refractivity contribution is 0.0252. The number of aliphatic hydroxyl groups is 1. The zero-order chi connectivity index (χ0) is 12.7. The van der Waals surface area contributed by atoms with Crippen molar-refractivity contribution in [3.8, 4) is 0 Å². The first-order valence-corrected chi connectivity index (χ1v) is 6.74. The standard InChI is InChI=1S/C12H22N2O2S/c1-10-11(17-9-14-10)4-6-13-8-12(2,15)5-7-16-3/h9,13,15H,4-8H2,1-3H3. The minimum atomic E-state index is -0.696. The van der Waals surface area contributed by atoms with Crippen LogP contribution in [-0.4, -0.2) is 42.5 Å². The van der Waals surface area contributed by atoms with Crippen LogP contribution in [0.5, 0.6) is 0 Å². The highest BCUT2D eigenvalue weighted by molar-refractivity contribution is 7.09. The molecule has 0 aromatic carbocycles. The van der Waals surface area contributed by atoms with E-state index in [9.17, 15) is 5.11 Å². The van der Waals surface area contributed by atoms with Crippen LogP contribution in [0.1, 0.15) is 23.9 Å². The molecule has 0 aliphatic heterocycles. The number of rotatable bonds is 8. The molecule has 0 radical (unpaired) electrons. The van der Waals surface area contributed by atoms with E-state index in [4.69, 9.17) is 4.74 Å². The van der Waals surface area contributed by atoms with Crippen LogP contribution in [0, 0.1) is 6.92 Å². The second kappa shape index (κ2) is 7.06. The van der Waals surface area contributed by atoms with Crippen molar-refractivity contribution < 1.29 is 9.84 Å². The number of methoxy groups -OCH3 is 1. The predicted octanol–water partition coefficient (Wildman–Crippen LogP) is 1.37. The molecule has 0 aliphatic carbocycles. The van der Waals surface area contributed by atoms with Crippen LogP contribution in [0.3, 0.4) is 0 Å². The number of hydrogen-bond acceptors (Lipinski definition) is 5. The first-order valence-electron chi connectivity index (χ1n) is 5.86. The summed E-state index contributed by atoms with van der Waals surface area (Å²) in [6.45, 7) is 5.90. The molecule has 0 fully saturated rings. The molecule has 0 spiro atoms. The van der Waals surface area contributed by atoms with Gasteiger partial charge < -0.3 is 15.2 Å². The van der Waals surface area contributed by atoms with E-state index >= 15 is 0 Å². The average Bonchev–Trinajstić information content (AvgIpc) is 2.68. The third-order valence-corrected chi connectivity index (χ3v) is 3.72. The topological polar surface area (TPSA) is 54.4 Å². The summed E-state index contributed by atoms with van der Waals surface area (Å²) in [4.78, 5) is 5.52. The van der Waals surface area contributed by atoms with E-state index in [0.29, 0.717) is 19.6 Å². The molecule has 1 aromatic heterocycles. The molecule has 98 valence electrons. The van der Waals surface area contributed by atoms with Crippen molar-refractivity contribution in [3.63, 3.8) is 0 Å².